The van der Waals surface area contributed by atoms with Gasteiger partial charge in [0.2, 0.25) is 0 Å². The van der Waals surface area contributed by atoms with Crippen molar-refractivity contribution < 1.29 is 0 Å². The third kappa shape index (κ3) is 1.31. The standard InChI is InChI=1S/C10H10N2S2/c1-2-9(13-4-1)8-6-11-10-7(12-8)3-5-14-10/h1-5,8,11-12H,6H2. The predicted octanol–water partition coefficient (Wildman–Crippen LogP) is 3.39. The molecule has 0 bridgehead atoms. The Kier molecular flexibility index (Phi) is 1.96. The minimum atomic E-state index is 0.428. The predicted molar refractivity (Wildman–Crippen MR) is 63.5 cm³/mol. The molecule has 0 radical (unpaired) electrons. The Morgan fingerprint density at radius 3 is 3.07 bits per heavy atom. The van der Waals surface area contributed by atoms with Crippen molar-refractivity contribution in [1.82, 2.24) is 0 Å². The van der Waals surface area contributed by atoms with Gasteiger partial charge >= 0.3 is 0 Å². The van der Waals surface area contributed by atoms with Gasteiger partial charge in [0.05, 0.1) is 11.7 Å². The molecular formula is C10H10N2S2. The quantitative estimate of drug-likeness (QED) is 0.773. The van der Waals surface area contributed by atoms with Gasteiger partial charge in [-0.05, 0) is 22.9 Å². The third-order valence-corrected chi connectivity index (χ3v) is 4.21. The zero-order valence-corrected chi connectivity index (χ0v) is 9.12. The summed E-state index contributed by atoms with van der Waals surface area (Å²) in [4.78, 5) is 1.40. The average molecular weight is 222 g/mol. The molecule has 3 rings (SSSR count). The van der Waals surface area contributed by atoms with E-state index in [0.29, 0.717) is 6.04 Å². The molecule has 0 spiro atoms. The van der Waals surface area contributed by atoms with Crippen molar-refractivity contribution in [2.75, 3.05) is 17.2 Å². The van der Waals surface area contributed by atoms with Crippen LogP contribution in [0.1, 0.15) is 10.9 Å². The fraction of sp³-hybridized carbons (Fsp3) is 0.200. The monoisotopic (exact) mass is 222 g/mol. The molecule has 2 N–H and O–H groups in total. The molecule has 1 atom stereocenters. The van der Waals surface area contributed by atoms with Gasteiger partial charge in [-0.25, -0.2) is 0 Å². The third-order valence-electron chi connectivity index (χ3n) is 2.35. The second-order valence-corrected chi connectivity index (χ2v) is 5.15. The molecule has 1 aliphatic rings. The van der Waals surface area contributed by atoms with Crippen molar-refractivity contribution in [2.45, 2.75) is 6.04 Å². The van der Waals surface area contributed by atoms with Gasteiger partial charge < -0.3 is 10.6 Å². The first-order valence-electron chi connectivity index (χ1n) is 4.55. The topological polar surface area (TPSA) is 24.1 Å². The van der Waals surface area contributed by atoms with Crippen molar-refractivity contribution in [3.05, 3.63) is 33.8 Å². The van der Waals surface area contributed by atoms with Crippen LogP contribution in [-0.2, 0) is 0 Å². The zero-order chi connectivity index (χ0) is 9.38. The van der Waals surface area contributed by atoms with E-state index in [1.165, 1.54) is 15.6 Å². The van der Waals surface area contributed by atoms with E-state index in [2.05, 4.69) is 39.6 Å². The van der Waals surface area contributed by atoms with Crippen LogP contribution >= 0.6 is 22.7 Å². The van der Waals surface area contributed by atoms with Gasteiger partial charge in [0.15, 0.2) is 0 Å². The lowest BCUT2D eigenvalue weighted by Crippen LogP contribution is -2.23. The summed E-state index contributed by atoms with van der Waals surface area (Å²) < 4.78 is 0. The zero-order valence-electron chi connectivity index (χ0n) is 7.49. The van der Waals surface area contributed by atoms with Crippen LogP contribution in [0.2, 0.25) is 0 Å². The molecule has 0 amide bonds. The van der Waals surface area contributed by atoms with E-state index in [-0.39, 0.29) is 0 Å². The summed E-state index contributed by atoms with van der Waals surface area (Å²) in [5, 5.41) is 12.5. The average Bonchev–Trinajstić information content (AvgIpc) is 2.88. The summed E-state index contributed by atoms with van der Waals surface area (Å²) in [5.41, 5.74) is 1.24. The first kappa shape index (κ1) is 8.32. The summed E-state index contributed by atoms with van der Waals surface area (Å²) in [6, 6.07) is 6.84. The van der Waals surface area contributed by atoms with Crippen molar-refractivity contribution in [3.63, 3.8) is 0 Å². The smallest absolute Gasteiger partial charge is 0.112 e. The summed E-state index contributed by atoms with van der Waals surface area (Å²) in [6.45, 7) is 0.980. The minimum Gasteiger partial charge on any atom is -0.373 e. The number of hydrogen-bond donors (Lipinski definition) is 2. The van der Waals surface area contributed by atoms with Gasteiger partial charge in [-0.15, -0.1) is 22.7 Å². The molecule has 4 heteroatoms. The van der Waals surface area contributed by atoms with Crippen LogP contribution in [0.25, 0.3) is 0 Å². The Morgan fingerprint density at radius 1 is 1.21 bits per heavy atom. The second-order valence-electron chi connectivity index (χ2n) is 3.26. The molecule has 0 aromatic carbocycles. The van der Waals surface area contributed by atoms with Crippen molar-refractivity contribution in [1.29, 1.82) is 0 Å². The molecule has 14 heavy (non-hydrogen) atoms. The molecule has 0 saturated heterocycles. The van der Waals surface area contributed by atoms with Gasteiger partial charge in [0, 0.05) is 11.4 Å². The van der Waals surface area contributed by atoms with Gasteiger partial charge in [0.1, 0.15) is 5.00 Å². The first-order chi connectivity index (χ1) is 6.93. The Bertz CT molecular complexity index is 419. The van der Waals surface area contributed by atoms with E-state index in [1.807, 2.05) is 11.3 Å². The minimum absolute atomic E-state index is 0.428. The van der Waals surface area contributed by atoms with Gasteiger partial charge in [-0.1, -0.05) is 6.07 Å². The summed E-state index contributed by atoms with van der Waals surface area (Å²) in [5.74, 6) is 0. The van der Waals surface area contributed by atoms with Crippen LogP contribution in [0, 0.1) is 0 Å². The first-order valence-corrected chi connectivity index (χ1v) is 6.31. The Labute approximate surface area is 90.6 Å². The Hall–Kier alpha value is -1.00. The van der Waals surface area contributed by atoms with Gasteiger partial charge in [-0.2, -0.15) is 0 Å². The maximum atomic E-state index is 3.54. The van der Waals surface area contributed by atoms with E-state index in [4.69, 9.17) is 0 Å². The number of rotatable bonds is 1. The van der Waals surface area contributed by atoms with Gasteiger partial charge in [0.25, 0.3) is 0 Å². The van der Waals surface area contributed by atoms with Gasteiger partial charge in [-0.3, -0.25) is 0 Å². The summed E-state index contributed by atoms with van der Waals surface area (Å²) in [6.07, 6.45) is 0. The SMILES string of the molecule is c1csc(C2CNc3sccc3N2)c1. The van der Waals surface area contributed by atoms with Crippen LogP contribution in [0.4, 0.5) is 10.7 Å². The highest BCUT2D eigenvalue weighted by Gasteiger charge is 2.19. The van der Waals surface area contributed by atoms with E-state index in [0.717, 1.165) is 6.54 Å². The van der Waals surface area contributed by atoms with E-state index >= 15 is 0 Å². The molecule has 0 saturated carbocycles. The second kappa shape index (κ2) is 3.29. The van der Waals surface area contributed by atoms with E-state index in [1.54, 1.807) is 11.3 Å². The normalized spacial score (nSPS) is 19.6. The molecule has 1 aliphatic heterocycles. The molecule has 3 heterocycles. The summed E-state index contributed by atoms with van der Waals surface area (Å²) in [7, 11) is 0. The molecule has 2 aromatic heterocycles. The van der Waals surface area contributed by atoms with Crippen LogP contribution in [-0.4, -0.2) is 6.54 Å². The molecule has 0 aliphatic carbocycles. The van der Waals surface area contributed by atoms with E-state index in [9.17, 15) is 0 Å². The van der Waals surface area contributed by atoms with Crippen molar-refractivity contribution >= 4 is 33.4 Å². The lowest BCUT2D eigenvalue weighted by Gasteiger charge is -2.25. The molecule has 2 aromatic rings. The fourth-order valence-electron chi connectivity index (χ4n) is 1.65. The Balaban J connectivity index is 1.88. The highest BCUT2D eigenvalue weighted by Crippen LogP contribution is 2.36. The summed E-state index contributed by atoms with van der Waals surface area (Å²) >= 11 is 3.56. The van der Waals surface area contributed by atoms with Crippen LogP contribution in [0.15, 0.2) is 29.0 Å². The highest BCUT2D eigenvalue weighted by atomic mass is 32.1. The number of anilines is 2. The number of fused-ring (bicyclic) bond motifs is 1. The van der Waals surface area contributed by atoms with Crippen LogP contribution in [0.5, 0.6) is 0 Å². The lowest BCUT2D eigenvalue weighted by molar-refractivity contribution is 0.825. The largest absolute Gasteiger partial charge is 0.373 e. The van der Waals surface area contributed by atoms with Crippen molar-refractivity contribution in [3.8, 4) is 0 Å². The Morgan fingerprint density at radius 2 is 2.21 bits per heavy atom. The van der Waals surface area contributed by atoms with Crippen molar-refractivity contribution in [2.24, 2.45) is 0 Å². The van der Waals surface area contributed by atoms with E-state index < -0.39 is 0 Å². The fourth-order valence-corrected chi connectivity index (χ4v) is 3.19. The maximum Gasteiger partial charge on any atom is 0.112 e. The van der Waals surface area contributed by atoms with Crippen LogP contribution in [0.3, 0.4) is 0 Å². The molecule has 1 unspecified atom stereocenters. The number of nitrogens with one attached hydrogen (secondary N) is 2. The van der Waals surface area contributed by atoms with Crippen LogP contribution < -0.4 is 10.6 Å². The number of hydrogen-bond acceptors (Lipinski definition) is 4. The molecular weight excluding hydrogens is 212 g/mol. The molecule has 0 fully saturated rings. The molecule has 2 nitrogen and oxygen atoms in total. The highest BCUT2D eigenvalue weighted by molar-refractivity contribution is 7.15. The molecule has 72 valence electrons. The number of thiophene rings is 2. The maximum absolute atomic E-state index is 3.54. The lowest BCUT2D eigenvalue weighted by atomic mass is 10.2.